The average molecular weight is 224 g/mol. The summed E-state index contributed by atoms with van der Waals surface area (Å²) in [4.78, 5) is 15.5. The van der Waals surface area contributed by atoms with Crippen LogP contribution in [-0.4, -0.2) is 20.8 Å². The van der Waals surface area contributed by atoms with Gasteiger partial charge in [-0.25, -0.2) is 4.79 Å². The lowest BCUT2D eigenvalue weighted by molar-refractivity contribution is 0.0944. The van der Waals surface area contributed by atoms with Crippen LogP contribution in [0.2, 0.25) is 0 Å². The van der Waals surface area contributed by atoms with Gasteiger partial charge in [0.1, 0.15) is 0 Å². The molecule has 0 radical (unpaired) electrons. The molecule has 0 bridgehead atoms. The van der Waals surface area contributed by atoms with E-state index in [4.69, 9.17) is 0 Å². The summed E-state index contributed by atoms with van der Waals surface area (Å²) < 4.78 is 1.53. The largest absolute Gasteiger partial charge is 0.391 e. The van der Waals surface area contributed by atoms with E-state index in [1.807, 2.05) is 26.8 Å². The Bertz CT molecular complexity index is 412. The summed E-state index contributed by atoms with van der Waals surface area (Å²) in [5, 5.41) is 9.90. The van der Waals surface area contributed by atoms with Crippen LogP contribution in [0.4, 0.5) is 0 Å². The number of hydrogen-bond donors (Lipinski definition) is 1. The lowest BCUT2D eigenvalue weighted by Crippen LogP contribution is -2.33. The zero-order valence-electron chi connectivity index (χ0n) is 10.4. The Labute approximate surface area is 96.0 Å². The number of rotatable bonds is 4. The van der Waals surface area contributed by atoms with E-state index in [1.165, 1.54) is 4.57 Å². The van der Waals surface area contributed by atoms with Gasteiger partial charge in [0.05, 0.1) is 12.6 Å². The average Bonchev–Trinajstić information content (AvgIpc) is 2.21. The molecular formula is C12H20N2O2. The molecule has 4 nitrogen and oxygen atoms in total. The van der Waals surface area contributed by atoms with Crippen LogP contribution in [-0.2, 0) is 6.54 Å². The van der Waals surface area contributed by atoms with Crippen molar-refractivity contribution in [3.05, 3.63) is 27.9 Å². The van der Waals surface area contributed by atoms with E-state index in [-0.39, 0.29) is 11.6 Å². The molecule has 0 fully saturated rings. The highest BCUT2D eigenvalue weighted by Crippen LogP contribution is 2.09. The Morgan fingerprint density at radius 2 is 2.12 bits per heavy atom. The molecule has 0 saturated heterocycles. The van der Waals surface area contributed by atoms with Gasteiger partial charge in [-0.3, -0.25) is 4.57 Å². The van der Waals surface area contributed by atoms with E-state index in [2.05, 4.69) is 4.98 Å². The number of aliphatic hydroxyl groups excluding tert-OH is 1. The Morgan fingerprint density at radius 3 is 2.62 bits per heavy atom. The molecule has 0 aromatic carbocycles. The van der Waals surface area contributed by atoms with Gasteiger partial charge in [-0.15, -0.1) is 0 Å². The van der Waals surface area contributed by atoms with Crippen molar-refractivity contribution in [3.63, 3.8) is 0 Å². The van der Waals surface area contributed by atoms with E-state index in [0.29, 0.717) is 6.54 Å². The number of nitrogens with zero attached hydrogens (tertiary/aromatic N) is 2. The summed E-state index contributed by atoms with van der Waals surface area (Å²) in [6.45, 7) is 7.99. The lowest BCUT2D eigenvalue weighted by Gasteiger charge is -2.19. The first-order chi connectivity index (χ1) is 7.45. The summed E-state index contributed by atoms with van der Waals surface area (Å²) in [7, 11) is 0. The Hall–Kier alpha value is -1.16. The third-order valence-electron chi connectivity index (χ3n) is 3.02. The normalized spacial score (nSPS) is 14.8. The fraction of sp³-hybridized carbons (Fsp3) is 0.667. The summed E-state index contributed by atoms with van der Waals surface area (Å²) in [5.41, 5.74) is 1.29. The molecule has 0 aliphatic carbocycles. The van der Waals surface area contributed by atoms with E-state index >= 15 is 0 Å². The Morgan fingerprint density at radius 1 is 1.50 bits per heavy atom. The van der Waals surface area contributed by atoms with Crippen molar-refractivity contribution in [2.24, 2.45) is 5.92 Å². The molecule has 0 saturated carbocycles. The van der Waals surface area contributed by atoms with Gasteiger partial charge in [-0.1, -0.05) is 20.3 Å². The second kappa shape index (κ2) is 5.25. The van der Waals surface area contributed by atoms with E-state index < -0.39 is 6.10 Å². The molecule has 1 aromatic rings. The fourth-order valence-corrected chi connectivity index (χ4v) is 1.64. The van der Waals surface area contributed by atoms with Crippen LogP contribution in [0, 0.1) is 19.8 Å². The fourth-order valence-electron chi connectivity index (χ4n) is 1.64. The standard InChI is InChI=1S/C12H20N2O2/c1-5-8(2)11(15)7-14-10(4)6-9(3)13-12(14)16/h6,8,11,15H,5,7H2,1-4H3. The molecule has 16 heavy (non-hydrogen) atoms. The Balaban J connectivity index is 2.94. The molecular weight excluding hydrogens is 204 g/mol. The molecule has 1 rings (SSSR count). The summed E-state index contributed by atoms with van der Waals surface area (Å²) in [5.74, 6) is 0.188. The maximum Gasteiger partial charge on any atom is 0.348 e. The third kappa shape index (κ3) is 2.92. The maximum absolute atomic E-state index is 11.6. The lowest BCUT2D eigenvalue weighted by atomic mass is 10.0. The predicted molar refractivity (Wildman–Crippen MR) is 63.4 cm³/mol. The number of hydrogen-bond acceptors (Lipinski definition) is 3. The topological polar surface area (TPSA) is 55.1 Å². The smallest absolute Gasteiger partial charge is 0.348 e. The van der Waals surface area contributed by atoms with Crippen LogP contribution in [0.25, 0.3) is 0 Å². The van der Waals surface area contributed by atoms with Gasteiger partial charge < -0.3 is 5.11 Å². The number of aromatic nitrogens is 2. The van der Waals surface area contributed by atoms with Crippen molar-refractivity contribution in [1.82, 2.24) is 9.55 Å². The molecule has 0 amide bonds. The van der Waals surface area contributed by atoms with Gasteiger partial charge in [0.2, 0.25) is 0 Å². The van der Waals surface area contributed by atoms with E-state index in [1.54, 1.807) is 6.92 Å². The highest BCUT2D eigenvalue weighted by atomic mass is 16.3. The maximum atomic E-state index is 11.6. The van der Waals surface area contributed by atoms with Crippen LogP contribution in [0.5, 0.6) is 0 Å². The molecule has 1 heterocycles. The van der Waals surface area contributed by atoms with Crippen LogP contribution in [0.1, 0.15) is 31.7 Å². The highest BCUT2D eigenvalue weighted by Gasteiger charge is 2.14. The van der Waals surface area contributed by atoms with Crippen LogP contribution in [0.3, 0.4) is 0 Å². The predicted octanol–water partition coefficient (Wildman–Crippen LogP) is 1.27. The first kappa shape index (κ1) is 12.9. The molecule has 4 heteroatoms. The number of aryl methyl sites for hydroxylation is 2. The summed E-state index contributed by atoms with van der Waals surface area (Å²) in [6.07, 6.45) is 0.403. The van der Waals surface area contributed by atoms with Gasteiger partial charge in [0.25, 0.3) is 0 Å². The van der Waals surface area contributed by atoms with Crippen LogP contribution < -0.4 is 5.69 Å². The molecule has 90 valence electrons. The van der Waals surface area contributed by atoms with E-state index in [0.717, 1.165) is 17.8 Å². The quantitative estimate of drug-likeness (QED) is 0.838. The van der Waals surface area contributed by atoms with Crippen LogP contribution in [0.15, 0.2) is 10.9 Å². The van der Waals surface area contributed by atoms with Crippen molar-refractivity contribution in [2.75, 3.05) is 0 Å². The molecule has 0 aliphatic heterocycles. The zero-order valence-corrected chi connectivity index (χ0v) is 10.4. The van der Waals surface area contributed by atoms with Gasteiger partial charge in [-0.05, 0) is 25.8 Å². The summed E-state index contributed by atoms with van der Waals surface area (Å²) in [6, 6.07) is 1.85. The number of aliphatic hydroxyl groups is 1. The van der Waals surface area contributed by atoms with Crippen molar-refractivity contribution in [1.29, 1.82) is 0 Å². The molecule has 0 spiro atoms. The monoisotopic (exact) mass is 224 g/mol. The van der Waals surface area contributed by atoms with Gasteiger partial charge >= 0.3 is 5.69 Å². The minimum Gasteiger partial charge on any atom is -0.391 e. The minimum absolute atomic E-state index is 0.188. The first-order valence-corrected chi connectivity index (χ1v) is 5.68. The van der Waals surface area contributed by atoms with Gasteiger partial charge in [0.15, 0.2) is 0 Å². The van der Waals surface area contributed by atoms with Gasteiger partial charge in [-0.2, -0.15) is 4.98 Å². The SMILES string of the molecule is CCC(C)C(O)Cn1c(C)cc(C)nc1=O. The van der Waals surface area contributed by atoms with Crippen LogP contribution >= 0.6 is 0 Å². The highest BCUT2D eigenvalue weighted by molar-refractivity contribution is 5.06. The van der Waals surface area contributed by atoms with Crippen molar-refractivity contribution in [3.8, 4) is 0 Å². The molecule has 2 atom stereocenters. The van der Waals surface area contributed by atoms with Crippen molar-refractivity contribution >= 4 is 0 Å². The van der Waals surface area contributed by atoms with Crippen molar-refractivity contribution < 1.29 is 5.11 Å². The first-order valence-electron chi connectivity index (χ1n) is 5.68. The zero-order chi connectivity index (χ0) is 12.3. The second-order valence-corrected chi connectivity index (χ2v) is 4.38. The molecule has 1 aromatic heterocycles. The molecule has 2 unspecified atom stereocenters. The third-order valence-corrected chi connectivity index (χ3v) is 3.02. The van der Waals surface area contributed by atoms with Gasteiger partial charge in [0, 0.05) is 11.4 Å². The second-order valence-electron chi connectivity index (χ2n) is 4.38. The minimum atomic E-state index is -0.495. The summed E-state index contributed by atoms with van der Waals surface area (Å²) >= 11 is 0. The Kier molecular flexibility index (Phi) is 4.24. The van der Waals surface area contributed by atoms with E-state index in [9.17, 15) is 9.90 Å². The van der Waals surface area contributed by atoms with Crippen molar-refractivity contribution in [2.45, 2.75) is 46.8 Å². The molecule has 1 N–H and O–H groups in total. The molecule has 0 aliphatic rings.